The Labute approximate surface area is 145 Å². The fourth-order valence-corrected chi connectivity index (χ4v) is 2.19. The maximum absolute atomic E-state index is 13.5. The third-order valence-corrected chi connectivity index (χ3v) is 3.40. The van der Waals surface area contributed by atoms with Gasteiger partial charge in [0, 0.05) is 11.5 Å². The van der Waals surface area contributed by atoms with Gasteiger partial charge in [0.2, 0.25) is 0 Å². The Morgan fingerprint density at radius 2 is 1.85 bits per heavy atom. The first-order valence-electron chi connectivity index (χ1n) is 7.39. The smallest absolute Gasteiger partial charge is 0.351 e. The van der Waals surface area contributed by atoms with Crippen LogP contribution in [0.4, 0.5) is 14.5 Å². The molecule has 1 aromatic heterocycles. The van der Waals surface area contributed by atoms with Crippen LogP contribution in [0.15, 0.2) is 57.7 Å². The van der Waals surface area contributed by atoms with E-state index in [1.807, 2.05) is 0 Å². The molecule has 3 rings (SSSR count). The van der Waals surface area contributed by atoms with Gasteiger partial charge in [-0.2, -0.15) is 0 Å². The molecule has 0 radical (unpaired) electrons. The number of fused-ring (bicyclic) bond motifs is 1. The van der Waals surface area contributed by atoms with Gasteiger partial charge in [0.25, 0.3) is 5.91 Å². The van der Waals surface area contributed by atoms with Gasteiger partial charge >= 0.3 is 11.6 Å². The highest BCUT2D eigenvalue weighted by Gasteiger charge is 2.17. The van der Waals surface area contributed by atoms with Crippen molar-refractivity contribution in [1.82, 2.24) is 0 Å². The van der Waals surface area contributed by atoms with Gasteiger partial charge in [0.1, 0.15) is 22.8 Å². The summed E-state index contributed by atoms with van der Waals surface area (Å²) in [6.07, 6.45) is 0. The van der Waals surface area contributed by atoms with Crippen LogP contribution in [0.5, 0.6) is 0 Å². The topological polar surface area (TPSA) is 85.6 Å². The normalized spacial score (nSPS) is 10.5. The lowest BCUT2D eigenvalue weighted by Gasteiger charge is -2.07. The summed E-state index contributed by atoms with van der Waals surface area (Å²) >= 11 is 0. The molecular formula is C18H11F2NO5. The minimum Gasteiger partial charge on any atom is -0.452 e. The highest BCUT2D eigenvalue weighted by Crippen LogP contribution is 2.15. The Morgan fingerprint density at radius 3 is 2.65 bits per heavy atom. The van der Waals surface area contributed by atoms with E-state index in [0.717, 1.165) is 18.2 Å². The van der Waals surface area contributed by atoms with E-state index >= 15 is 0 Å². The van der Waals surface area contributed by atoms with Crippen molar-refractivity contribution in [2.24, 2.45) is 0 Å². The third kappa shape index (κ3) is 3.75. The summed E-state index contributed by atoms with van der Waals surface area (Å²) in [7, 11) is 0. The number of esters is 1. The molecule has 0 aliphatic rings. The van der Waals surface area contributed by atoms with Crippen LogP contribution in [0, 0.1) is 11.6 Å². The Balaban J connectivity index is 1.69. The standard InChI is InChI=1S/C18H11F2NO5/c19-11-5-6-13(20)14(8-11)21-16(22)9-25-17(23)12-7-10-3-1-2-4-15(10)26-18(12)24/h1-8H,9H2,(H,21,22). The molecule has 0 aliphatic carbocycles. The zero-order chi connectivity index (χ0) is 18.7. The van der Waals surface area contributed by atoms with E-state index in [9.17, 15) is 23.2 Å². The Kier molecular flexibility index (Phi) is 4.74. The molecule has 132 valence electrons. The number of carbonyl (C=O) groups is 2. The van der Waals surface area contributed by atoms with Crippen molar-refractivity contribution in [3.63, 3.8) is 0 Å². The van der Waals surface area contributed by atoms with E-state index in [1.165, 1.54) is 6.07 Å². The molecule has 26 heavy (non-hydrogen) atoms. The molecule has 3 aromatic rings. The van der Waals surface area contributed by atoms with Gasteiger partial charge in [-0.15, -0.1) is 0 Å². The van der Waals surface area contributed by atoms with Crippen molar-refractivity contribution in [3.05, 3.63) is 76.1 Å². The van der Waals surface area contributed by atoms with E-state index in [2.05, 4.69) is 5.32 Å². The molecule has 0 unspecified atom stereocenters. The van der Waals surface area contributed by atoms with Gasteiger partial charge in [0.05, 0.1) is 5.69 Å². The van der Waals surface area contributed by atoms with Gasteiger partial charge in [-0.05, 0) is 24.3 Å². The Morgan fingerprint density at radius 1 is 1.08 bits per heavy atom. The maximum Gasteiger partial charge on any atom is 0.351 e. The highest BCUT2D eigenvalue weighted by atomic mass is 19.1. The second-order valence-corrected chi connectivity index (χ2v) is 5.23. The first kappa shape index (κ1) is 17.3. The summed E-state index contributed by atoms with van der Waals surface area (Å²) in [6.45, 7) is -0.791. The lowest BCUT2D eigenvalue weighted by atomic mass is 10.2. The van der Waals surface area contributed by atoms with Crippen molar-refractivity contribution < 1.29 is 27.5 Å². The van der Waals surface area contributed by atoms with Crippen LogP contribution < -0.4 is 10.9 Å². The third-order valence-electron chi connectivity index (χ3n) is 3.40. The van der Waals surface area contributed by atoms with Crippen molar-refractivity contribution in [2.75, 3.05) is 11.9 Å². The van der Waals surface area contributed by atoms with Crippen LogP contribution in [0.25, 0.3) is 11.0 Å². The van der Waals surface area contributed by atoms with E-state index in [1.54, 1.807) is 24.3 Å². The number of ether oxygens (including phenoxy) is 1. The van der Waals surface area contributed by atoms with Gasteiger partial charge in [-0.1, -0.05) is 18.2 Å². The molecule has 0 saturated carbocycles. The van der Waals surface area contributed by atoms with Crippen molar-refractivity contribution in [1.29, 1.82) is 0 Å². The van der Waals surface area contributed by atoms with Gasteiger partial charge in [0.15, 0.2) is 6.61 Å². The summed E-state index contributed by atoms with van der Waals surface area (Å²) < 4.78 is 36.2. The molecule has 0 spiro atoms. The second kappa shape index (κ2) is 7.14. The number of carbonyl (C=O) groups excluding carboxylic acids is 2. The number of para-hydroxylation sites is 1. The quantitative estimate of drug-likeness (QED) is 0.572. The Bertz CT molecular complexity index is 1060. The number of halogens is 2. The number of rotatable bonds is 4. The molecule has 1 amide bonds. The van der Waals surface area contributed by atoms with Crippen molar-refractivity contribution in [2.45, 2.75) is 0 Å². The molecule has 0 fully saturated rings. The zero-order valence-electron chi connectivity index (χ0n) is 13.1. The summed E-state index contributed by atoms with van der Waals surface area (Å²) in [5.41, 5.74) is -1.39. The van der Waals surface area contributed by atoms with E-state index in [4.69, 9.17) is 9.15 Å². The molecular weight excluding hydrogens is 348 g/mol. The van der Waals surface area contributed by atoms with Gasteiger partial charge in [-0.3, -0.25) is 4.79 Å². The summed E-state index contributed by atoms with van der Waals surface area (Å²) in [6, 6.07) is 10.4. The molecule has 0 bridgehead atoms. The number of benzene rings is 2. The number of nitrogens with one attached hydrogen (secondary N) is 1. The second-order valence-electron chi connectivity index (χ2n) is 5.23. The van der Waals surface area contributed by atoms with E-state index in [-0.39, 0.29) is 5.56 Å². The largest absolute Gasteiger partial charge is 0.452 e. The summed E-state index contributed by atoms with van der Waals surface area (Å²) in [5.74, 6) is -3.55. The molecule has 0 saturated heterocycles. The molecule has 8 heteroatoms. The van der Waals surface area contributed by atoms with Gasteiger partial charge in [-0.25, -0.2) is 18.4 Å². The summed E-state index contributed by atoms with van der Waals surface area (Å²) in [4.78, 5) is 35.6. The maximum atomic E-state index is 13.5. The number of hydrogen-bond acceptors (Lipinski definition) is 5. The van der Waals surface area contributed by atoms with Crippen LogP contribution >= 0.6 is 0 Å². The van der Waals surface area contributed by atoms with Crippen LogP contribution in [-0.2, 0) is 9.53 Å². The first-order chi connectivity index (χ1) is 12.4. The van der Waals surface area contributed by atoms with Crippen LogP contribution in [0.3, 0.4) is 0 Å². The molecule has 1 N–H and O–H groups in total. The lowest BCUT2D eigenvalue weighted by molar-refractivity contribution is -0.119. The first-order valence-corrected chi connectivity index (χ1v) is 7.39. The molecule has 2 aromatic carbocycles. The van der Waals surface area contributed by atoms with Crippen LogP contribution in [0.1, 0.15) is 10.4 Å². The SMILES string of the molecule is O=C(COC(=O)c1cc2ccccc2oc1=O)Nc1cc(F)ccc1F. The number of amides is 1. The van der Waals surface area contributed by atoms with Crippen LogP contribution in [-0.4, -0.2) is 18.5 Å². The average Bonchev–Trinajstić information content (AvgIpc) is 2.62. The predicted molar refractivity (Wildman–Crippen MR) is 87.8 cm³/mol. The predicted octanol–water partition coefficient (Wildman–Crippen LogP) is 2.87. The Hall–Kier alpha value is -3.55. The fraction of sp³-hybridized carbons (Fsp3) is 0.0556. The van der Waals surface area contributed by atoms with Crippen LogP contribution in [0.2, 0.25) is 0 Å². The average molecular weight is 359 g/mol. The lowest BCUT2D eigenvalue weighted by Crippen LogP contribution is -2.24. The fourth-order valence-electron chi connectivity index (χ4n) is 2.19. The van der Waals surface area contributed by atoms with Crippen molar-refractivity contribution in [3.8, 4) is 0 Å². The van der Waals surface area contributed by atoms with E-state index < -0.39 is 41.4 Å². The highest BCUT2D eigenvalue weighted by molar-refractivity contribution is 5.96. The summed E-state index contributed by atoms with van der Waals surface area (Å²) in [5, 5.41) is 2.57. The monoisotopic (exact) mass is 359 g/mol. The molecule has 1 heterocycles. The minimum absolute atomic E-state index is 0.299. The van der Waals surface area contributed by atoms with Gasteiger partial charge < -0.3 is 14.5 Å². The zero-order valence-corrected chi connectivity index (χ0v) is 13.1. The number of hydrogen-bond donors (Lipinski definition) is 1. The number of anilines is 1. The molecule has 6 nitrogen and oxygen atoms in total. The van der Waals surface area contributed by atoms with Crippen molar-refractivity contribution >= 4 is 28.5 Å². The molecule has 0 atom stereocenters. The molecule has 0 aliphatic heterocycles. The minimum atomic E-state index is -1.07. The van der Waals surface area contributed by atoms with E-state index in [0.29, 0.717) is 11.0 Å².